The third-order valence-corrected chi connectivity index (χ3v) is 5.78. The maximum Gasteiger partial charge on any atom is 0.243 e. The van der Waals surface area contributed by atoms with Crippen molar-refractivity contribution in [3.05, 3.63) is 18.2 Å². The summed E-state index contributed by atoms with van der Waals surface area (Å²) in [5.74, 6) is 1.06. The van der Waals surface area contributed by atoms with Crippen molar-refractivity contribution in [1.29, 1.82) is 0 Å². The fourth-order valence-electron chi connectivity index (χ4n) is 2.60. The zero-order valence-corrected chi connectivity index (χ0v) is 13.0. The van der Waals surface area contributed by atoms with Crippen LogP contribution >= 0.6 is 0 Å². The molecule has 3 rings (SSSR count). The van der Waals surface area contributed by atoms with Crippen LogP contribution in [0, 0.1) is 0 Å². The zero-order valence-electron chi connectivity index (χ0n) is 12.2. The number of hydrogen-bond donors (Lipinski definition) is 0. The lowest BCUT2D eigenvalue weighted by Crippen LogP contribution is -2.55. The minimum Gasteiger partial charge on any atom is -0.486 e. The van der Waals surface area contributed by atoms with Crippen molar-refractivity contribution in [3.8, 4) is 11.5 Å². The maximum atomic E-state index is 12.9. The highest BCUT2D eigenvalue weighted by Crippen LogP contribution is 2.35. The van der Waals surface area contributed by atoms with Gasteiger partial charge in [0.05, 0.1) is 23.6 Å². The Morgan fingerprint density at radius 3 is 2.52 bits per heavy atom. The molecule has 1 aromatic carbocycles. The Bertz CT molecular complexity index is 641. The molecular weight excluding hydrogens is 294 g/mol. The van der Waals surface area contributed by atoms with Crippen molar-refractivity contribution in [2.24, 2.45) is 0 Å². The molecule has 2 aliphatic heterocycles. The van der Waals surface area contributed by atoms with Gasteiger partial charge in [0.25, 0.3) is 0 Å². The molecule has 0 bridgehead atoms. The molecule has 21 heavy (non-hydrogen) atoms. The summed E-state index contributed by atoms with van der Waals surface area (Å²) < 4.78 is 43.5. The van der Waals surface area contributed by atoms with Gasteiger partial charge in [-0.15, -0.1) is 0 Å². The number of benzene rings is 1. The third-order valence-electron chi connectivity index (χ3n) is 3.67. The number of fused-ring (bicyclic) bond motifs is 1. The molecular formula is C14H19NO5S. The highest BCUT2D eigenvalue weighted by molar-refractivity contribution is 7.89. The second-order valence-corrected chi connectivity index (χ2v) is 7.61. The van der Waals surface area contributed by atoms with Crippen molar-refractivity contribution in [1.82, 2.24) is 4.31 Å². The lowest BCUT2D eigenvalue weighted by Gasteiger charge is -2.40. The molecule has 0 amide bonds. The summed E-state index contributed by atoms with van der Waals surface area (Å²) in [6.07, 6.45) is 0. The van der Waals surface area contributed by atoms with E-state index in [-0.39, 0.29) is 4.90 Å². The summed E-state index contributed by atoms with van der Waals surface area (Å²) in [5, 5.41) is 0. The fourth-order valence-corrected chi connectivity index (χ4v) is 4.37. The molecule has 0 spiro atoms. The van der Waals surface area contributed by atoms with Crippen LogP contribution in [0.2, 0.25) is 0 Å². The monoisotopic (exact) mass is 313 g/mol. The molecule has 1 saturated heterocycles. The van der Waals surface area contributed by atoms with E-state index in [1.165, 1.54) is 10.4 Å². The van der Waals surface area contributed by atoms with Crippen LogP contribution in [-0.2, 0) is 14.8 Å². The SMILES string of the molecule is CC1(C)COCCN1S(=O)(=O)c1ccc2c(c1)OCCO2. The van der Waals surface area contributed by atoms with E-state index in [2.05, 4.69) is 0 Å². The van der Waals surface area contributed by atoms with Gasteiger partial charge in [0, 0.05) is 12.6 Å². The average Bonchev–Trinajstić information content (AvgIpc) is 2.46. The summed E-state index contributed by atoms with van der Waals surface area (Å²) in [6.45, 7) is 5.78. The van der Waals surface area contributed by atoms with E-state index in [4.69, 9.17) is 14.2 Å². The van der Waals surface area contributed by atoms with Gasteiger partial charge in [0.15, 0.2) is 11.5 Å². The van der Waals surface area contributed by atoms with Gasteiger partial charge in [0.1, 0.15) is 13.2 Å². The highest BCUT2D eigenvalue weighted by atomic mass is 32.2. The summed E-state index contributed by atoms with van der Waals surface area (Å²) >= 11 is 0. The number of hydrogen-bond acceptors (Lipinski definition) is 5. The molecule has 0 saturated carbocycles. The molecule has 0 radical (unpaired) electrons. The molecule has 1 fully saturated rings. The molecule has 0 aromatic heterocycles. The first-order chi connectivity index (χ1) is 9.91. The Morgan fingerprint density at radius 2 is 1.81 bits per heavy atom. The predicted molar refractivity (Wildman–Crippen MR) is 76.2 cm³/mol. The van der Waals surface area contributed by atoms with E-state index in [9.17, 15) is 8.42 Å². The Labute approximate surface area is 124 Å². The summed E-state index contributed by atoms with van der Waals surface area (Å²) in [4.78, 5) is 0.224. The first kappa shape index (κ1) is 14.6. The van der Waals surface area contributed by atoms with E-state index in [0.717, 1.165) is 0 Å². The zero-order chi connectivity index (χ0) is 15.1. The molecule has 7 heteroatoms. The Balaban J connectivity index is 1.98. The molecule has 1 aromatic rings. The second-order valence-electron chi connectivity index (χ2n) is 5.75. The summed E-state index contributed by atoms with van der Waals surface area (Å²) in [6, 6.07) is 4.75. The predicted octanol–water partition coefficient (Wildman–Crippen LogP) is 1.26. The molecule has 0 aliphatic carbocycles. The van der Waals surface area contributed by atoms with Crippen LogP contribution in [0.5, 0.6) is 11.5 Å². The Morgan fingerprint density at radius 1 is 1.10 bits per heavy atom. The van der Waals surface area contributed by atoms with E-state index in [1.807, 2.05) is 13.8 Å². The van der Waals surface area contributed by atoms with E-state index in [0.29, 0.717) is 44.5 Å². The third kappa shape index (κ3) is 2.61. The van der Waals surface area contributed by atoms with Crippen LogP contribution in [-0.4, -0.2) is 51.2 Å². The molecule has 6 nitrogen and oxygen atoms in total. The van der Waals surface area contributed by atoms with Crippen LogP contribution in [0.4, 0.5) is 0 Å². The topological polar surface area (TPSA) is 65.1 Å². The normalized spacial score (nSPS) is 22.0. The van der Waals surface area contributed by atoms with Crippen molar-refractivity contribution in [2.75, 3.05) is 33.0 Å². The lowest BCUT2D eigenvalue weighted by molar-refractivity contribution is -0.00771. The van der Waals surface area contributed by atoms with Crippen molar-refractivity contribution >= 4 is 10.0 Å². The van der Waals surface area contributed by atoms with Crippen molar-refractivity contribution < 1.29 is 22.6 Å². The lowest BCUT2D eigenvalue weighted by atomic mass is 10.1. The maximum absolute atomic E-state index is 12.9. The minimum atomic E-state index is -3.59. The van der Waals surface area contributed by atoms with Gasteiger partial charge < -0.3 is 14.2 Å². The van der Waals surface area contributed by atoms with Gasteiger partial charge in [-0.25, -0.2) is 8.42 Å². The smallest absolute Gasteiger partial charge is 0.243 e. The summed E-state index contributed by atoms with van der Waals surface area (Å²) in [7, 11) is -3.59. The van der Waals surface area contributed by atoms with Gasteiger partial charge in [-0.3, -0.25) is 0 Å². The molecule has 116 valence electrons. The van der Waals surface area contributed by atoms with Gasteiger partial charge >= 0.3 is 0 Å². The fraction of sp³-hybridized carbons (Fsp3) is 0.571. The Kier molecular flexibility index (Phi) is 3.59. The van der Waals surface area contributed by atoms with Gasteiger partial charge in [-0.2, -0.15) is 4.31 Å². The molecule has 2 heterocycles. The number of ether oxygens (including phenoxy) is 3. The number of rotatable bonds is 2. The quantitative estimate of drug-likeness (QED) is 0.822. The number of morpholine rings is 1. The summed E-state index contributed by atoms with van der Waals surface area (Å²) in [5.41, 5.74) is -0.565. The van der Waals surface area contributed by atoms with Crippen LogP contribution < -0.4 is 9.47 Å². The van der Waals surface area contributed by atoms with E-state index in [1.54, 1.807) is 12.1 Å². The van der Waals surface area contributed by atoms with Gasteiger partial charge in [-0.05, 0) is 26.0 Å². The van der Waals surface area contributed by atoms with E-state index >= 15 is 0 Å². The second kappa shape index (κ2) is 5.15. The molecule has 2 aliphatic rings. The minimum absolute atomic E-state index is 0.224. The molecule has 0 unspecified atom stereocenters. The van der Waals surface area contributed by atoms with Crippen molar-refractivity contribution in [2.45, 2.75) is 24.3 Å². The van der Waals surface area contributed by atoms with Crippen LogP contribution in [0.25, 0.3) is 0 Å². The molecule has 0 atom stereocenters. The molecule has 0 N–H and O–H groups in total. The first-order valence-electron chi connectivity index (χ1n) is 6.91. The highest BCUT2D eigenvalue weighted by Gasteiger charge is 2.40. The van der Waals surface area contributed by atoms with E-state index < -0.39 is 15.6 Å². The number of sulfonamides is 1. The van der Waals surface area contributed by atoms with Gasteiger partial charge in [0.2, 0.25) is 10.0 Å². The Hall–Kier alpha value is -1.31. The van der Waals surface area contributed by atoms with Crippen LogP contribution in [0.3, 0.4) is 0 Å². The largest absolute Gasteiger partial charge is 0.486 e. The number of nitrogens with zero attached hydrogens (tertiary/aromatic N) is 1. The first-order valence-corrected chi connectivity index (χ1v) is 8.35. The van der Waals surface area contributed by atoms with Crippen LogP contribution in [0.1, 0.15) is 13.8 Å². The standard InChI is InChI=1S/C14H19NO5S/c1-14(2)10-18-6-5-15(14)21(16,17)11-3-4-12-13(9-11)20-8-7-19-12/h3-4,9H,5-8,10H2,1-2H3. The van der Waals surface area contributed by atoms with Crippen molar-refractivity contribution in [3.63, 3.8) is 0 Å². The van der Waals surface area contributed by atoms with Crippen LogP contribution in [0.15, 0.2) is 23.1 Å². The average molecular weight is 313 g/mol. The van der Waals surface area contributed by atoms with Gasteiger partial charge in [-0.1, -0.05) is 0 Å².